The summed E-state index contributed by atoms with van der Waals surface area (Å²) in [6.07, 6.45) is -4.33. The Kier molecular flexibility index (Phi) is 4.29. The van der Waals surface area contributed by atoms with Gasteiger partial charge in [0.15, 0.2) is 0 Å². The van der Waals surface area contributed by atoms with E-state index in [0.29, 0.717) is 18.1 Å². The van der Waals surface area contributed by atoms with E-state index < -0.39 is 11.7 Å². The largest absolute Gasteiger partial charge is 0.457 e. The van der Waals surface area contributed by atoms with Gasteiger partial charge in [0.05, 0.1) is 12.2 Å². The molecular weight excluding hydrogens is 269 g/mol. The van der Waals surface area contributed by atoms with E-state index >= 15 is 0 Å². The van der Waals surface area contributed by atoms with Gasteiger partial charge in [-0.25, -0.2) is 0 Å². The van der Waals surface area contributed by atoms with Crippen LogP contribution in [0.3, 0.4) is 0 Å². The van der Waals surface area contributed by atoms with Crippen molar-refractivity contribution >= 4 is 0 Å². The van der Waals surface area contributed by atoms with Crippen LogP contribution in [-0.2, 0) is 17.5 Å². The Morgan fingerprint density at radius 3 is 1.80 bits per heavy atom. The molecular formula is C15H13F3O2. The van der Waals surface area contributed by atoms with Crippen LogP contribution < -0.4 is 4.74 Å². The van der Waals surface area contributed by atoms with Gasteiger partial charge in [0.1, 0.15) is 11.5 Å². The maximum atomic E-state index is 12.4. The molecule has 0 N–H and O–H groups in total. The summed E-state index contributed by atoms with van der Waals surface area (Å²) < 4.78 is 47.7. The highest BCUT2D eigenvalue weighted by atomic mass is 19.4. The van der Waals surface area contributed by atoms with Crippen molar-refractivity contribution in [3.8, 4) is 11.5 Å². The van der Waals surface area contributed by atoms with Gasteiger partial charge in [-0.05, 0) is 42.0 Å². The Bertz CT molecular complexity index is 545. The van der Waals surface area contributed by atoms with E-state index in [1.165, 1.54) is 12.1 Å². The van der Waals surface area contributed by atoms with Gasteiger partial charge in [-0.15, -0.1) is 0 Å². The third-order valence-electron chi connectivity index (χ3n) is 2.65. The predicted molar refractivity (Wildman–Crippen MR) is 68.7 cm³/mol. The molecule has 0 aliphatic carbocycles. The molecule has 0 unspecified atom stereocenters. The number of ether oxygens (including phenoxy) is 2. The predicted octanol–water partition coefficient (Wildman–Crippen LogP) is 4.64. The first-order valence-corrected chi connectivity index (χ1v) is 5.92. The molecule has 2 aromatic rings. The third kappa shape index (κ3) is 3.74. The smallest absolute Gasteiger partial charge is 0.416 e. The van der Waals surface area contributed by atoms with Gasteiger partial charge < -0.3 is 9.47 Å². The number of alkyl halides is 3. The minimum atomic E-state index is -4.33. The summed E-state index contributed by atoms with van der Waals surface area (Å²) in [5.41, 5.74) is 0.299. The van der Waals surface area contributed by atoms with Crippen molar-refractivity contribution in [3.63, 3.8) is 0 Å². The average molecular weight is 282 g/mol. The van der Waals surface area contributed by atoms with Crippen molar-refractivity contribution in [2.75, 3.05) is 7.11 Å². The lowest BCUT2D eigenvalue weighted by atomic mass is 10.2. The minimum Gasteiger partial charge on any atom is -0.457 e. The van der Waals surface area contributed by atoms with Gasteiger partial charge in [0.25, 0.3) is 0 Å². The molecule has 0 amide bonds. The van der Waals surface area contributed by atoms with Gasteiger partial charge >= 0.3 is 6.18 Å². The fraction of sp³-hybridized carbons (Fsp3) is 0.200. The van der Waals surface area contributed by atoms with Gasteiger partial charge in [-0.2, -0.15) is 13.2 Å². The van der Waals surface area contributed by atoms with Crippen LogP contribution in [0.25, 0.3) is 0 Å². The summed E-state index contributed by atoms with van der Waals surface area (Å²) in [5, 5.41) is 0. The second kappa shape index (κ2) is 5.96. The average Bonchev–Trinajstić information content (AvgIpc) is 2.41. The van der Waals surface area contributed by atoms with Crippen LogP contribution in [0, 0.1) is 0 Å². The standard InChI is InChI=1S/C15H13F3O2/c1-19-10-11-2-6-13(7-3-11)20-14-8-4-12(5-9-14)15(16,17)18/h2-9H,10H2,1H3. The zero-order valence-electron chi connectivity index (χ0n) is 10.8. The molecule has 0 spiro atoms. The lowest BCUT2D eigenvalue weighted by Gasteiger charge is -2.09. The molecule has 0 saturated carbocycles. The number of hydrogen-bond acceptors (Lipinski definition) is 2. The Balaban J connectivity index is 2.06. The molecule has 0 bridgehead atoms. The summed E-state index contributed by atoms with van der Waals surface area (Å²) in [6.45, 7) is 0.501. The van der Waals surface area contributed by atoms with Crippen LogP contribution in [0.5, 0.6) is 11.5 Å². The molecule has 2 aromatic carbocycles. The summed E-state index contributed by atoms with van der Waals surface area (Å²) in [5.74, 6) is 0.919. The zero-order chi connectivity index (χ0) is 14.6. The fourth-order valence-electron chi connectivity index (χ4n) is 1.67. The first kappa shape index (κ1) is 14.4. The van der Waals surface area contributed by atoms with Crippen LogP contribution in [-0.4, -0.2) is 7.11 Å². The summed E-state index contributed by atoms with van der Waals surface area (Å²) in [7, 11) is 1.60. The van der Waals surface area contributed by atoms with Crippen molar-refractivity contribution in [1.29, 1.82) is 0 Å². The number of hydrogen-bond donors (Lipinski definition) is 0. The van der Waals surface area contributed by atoms with E-state index in [0.717, 1.165) is 17.7 Å². The molecule has 0 heterocycles. The topological polar surface area (TPSA) is 18.5 Å². The normalized spacial score (nSPS) is 11.4. The number of halogens is 3. The van der Waals surface area contributed by atoms with Gasteiger partial charge in [-0.1, -0.05) is 12.1 Å². The highest BCUT2D eigenvalue weighted by Crippen LogP contribution is 2.31. The SMILES string of the molecule is COCc1ccc(Oc2ccc(C(F)(F)F)cc2)cc1. The maximum absolute atomic E-state index is 12.4. The van der Waals surface area contributed by atoms with Crippen molar-refractivity contribution in [2.24, 2.45) is 0 Å². The Morgan fingerprint density at radius 2 is 1.35 bits per heavy atom. The second-order valence-corrected chi connectivity index (χ2v) is 4.20. The molecule has 106 valence electrons. The van der Waals surface area contributed by atoms with Crippen LogP contribution >= 0.6 is 0 Å². The van der Waals surface area contributed by atoms with Crippen molar-refractivity contribution in [2.45, 2.75) is 12.8 Å². The minimum absolute atomic E-state index is 0.359. The molecule has 0 atom stereocenters. The Morgan fingerprint density at radius 1 is 0.850 bits per heavy atom. The number of rotatable bonds is 4. The Hall–Kier alpha value is -2.01. The maximum Gasteiger partial charge on any atom is 0.416 e. The van der Waals surface area contributed by atoms with Gasteiger partial charge in [0, 0.05) is 7.11 Å². The van der Waals surface area contributed by atoms with Crippen molar-refractivity contribution in [3.05, 3.63) is 59.7 Å². The number of methoxy groups -OCH3 is 1. The molecule has 0 aliphatic heterocycles. The van der Waals surface area contributed by atoms with E-state index in [9.17, 15) is 13.2 Å². The molecule has 0 fully saturated rings. The second-order valence-electron chi connectivity index (χ2n) is 4.20. The first-order chi connectivity index (χ1) is 9.49. The quantitative estimate of drug-likeness (QED) is 0.813. The fourth-order valence-corrected chi connectivity index (χ4v) is 1.67. The molecule has 20 heavy (non-hydrogen) atoms. The van der Waals surface area contributed by atoms with E-state index in [1.807, 2.05) is 12.1 Å². The number of benzene rings is 2. The molecule has 2 rings (SSSR count). The molecule has 5 heteroatoms. The van der Waals surface area contributed by atoms with Crippen molar-refractivity contribution in [1.82, 2.24) is 0 Å². The van der Waals surface area contributed by atoms with Gasteiger partial charge in [-0.3, -0.25) is 0 Å². The van der Waals surface area contributed by atoms with Crippen LogP contribution in [0.1, 0.15) is 11.1 Å². The van der Waals surface area contributed by atoms with E-state index in [4.69, 9.17) is 9.47 Å². The van der Waals surface area contributed by atoms with E-state index in [1.54, 1.807) is 19.2 Å². The van der Waals surface area contributed by atoms with Crippen LogP contribution in [0.15, 0.2) is 48.5 Å². The van der Waals surface area contributed by atoms with E-state index in [-0.39, 0.29) is 0 Å². The van der Waals surface area contributed by atoms with E-state index in [2.05, 4.69) is 0 Å². The van der Waals surface area contributed by atoms with Crippen molar-refractivity contribution < 1.29 is 22.6 Å². The molecule has 0 aliphatic rings. The monoisotopic (exact) mass is 282 g/mol. The molecule has 2 nitrogen and oxygen atoms in total. The third-order valence-corrected chi connectivity index (χ3v) is 2.65. The molecule has 0 aromatic heterocycles. The lowest BCUT2D eigenvalue weighted by molar-refractivity contribution is -0.137. The highest BCUT2D eigenvalue weighted by molar-refractivity contribution is 5.35. The first-order valence-electron chi connectivity index (χ1n) is 5.92. The van der Waals surface area contributed by atoms with Crippen LogP contribution in [0.4, 0.5) is 13.2 Å². The lowest BCUT2D eigenvalue weighted by Crippen LogP contribution is -2.03. The Labute approximate surface area is 114 Å². The summed E-state index contributed by atoms with van der Waals surface area (Å²) >= 11 is 0. The van der Waals surface area contributed by atoms with Gasteiger partial charge in [0.2, 0.25) is 0 Å². The highest BCUT2D eigenvalue weighted by Gasteiger charge is 2.30. The summed E-state index contributed by atoms with van der Waals surface area (Å²) in [6, 6.07) is 11.7. The molecule has 0 saturated heterocycles. The zero-order valence-corrected chi connectivity index (χ0v) is 10.8. The van der Waals surface area contributed by atoms with Crippen LogP contribution in [0.2, 0.25) is 0 Å². The summed E-state index contributed by atoms with van der Waals surface area (Å²) in [4.78, 5) is 0. The molecule has 0 radical (unpaired) electrons.